The van der Waals surface area contributed by atoms with E-state index in [1.54, 1.807) is 0 Å². The SMILES string of the molecule is CC(C)Oc1nc(N)nc(N2CCc3ccccc3C2)n1. The van der Waals surface area contributed by atoms with Crippen molar-refractivity contribution in [3.05, 3.63) is 35.4 Å². The predicted octanol–water partition coefficient (Wildman–Crippen LogP) is 1.80. The van der Waals surface area contributed by atoms with Gasteiger partial charge in [-0.25, -0.2) is 0 Å². The Labute approximate surface area is 124 Å². The smallest absolute Gasteiger partial charge is 0.323 e. The van der Waals surface area contributed by atoms with Gasteiger partial charge in [-0.05, 0) is 31.4 Å². The van der Waals surface area contributed by atoms with E-state index in [0.29, 0.717) is 5.95 Å². The lowest BCUT2D eigenvalue weighted by Crippen LogP contribution is -2.32. The molecule has 3 rings (SSSR count). The molecule has 1 aromatic carbocycles. The first kappa shape index (κ1) is 13.6. The summed E-state index contributed by atoms with van der Waals surface area (Å²) in [6, 6.07) is 8.71. The zero-order valence-corrected chi connectivity index (χ0v) is 12.3. The van der Waals surface area contributed by atoms with Gasteiger partial charge in [-0.3, -0.25) is 0 Å². The molecule has 21 heavy (non-hydrogen) atoms. The summed E-state index contributed by atoms with van der Waals surface area (Å²) in [5.41, 5.74) is 8.45. The molecule has 0 spiro atoms. The number of aromatic nitrogens is 3. The quantitative estimate of drug-likeness (QED) is 0.926. The largest absolute Gasteiger partial charge is 0.461 e. The second-order valence-corrected chi connectivity index (χ2v) is 5.38. The topological polar surface area (TPSA) is 77.2 Å². The van der Waals surface area contributed by atoms with Gasteiger partial charge in [0, 0.05) is 13.1 Å². The van der Waals surface area contributed by atoms with Crippen LogP contribution < -0.4 is 15.4 Å². The van der Waals surface area contributed by atoms with Crippen LogP contribution in [-0.4, -0.2) is 27.6 Å². The summed E-state index contributed by atoms with van der Waals surface area (Å²) < 4.78 is 5.53. The van der Waals surface area contributed by atoms with E-state index in [4.69, 9.17) is 10.5 Å². The average Bonchev–Trinajstić information content (AvgIpc) is 2.45. The lowest BCUT2D eigenvalue weighted by atomic mass is 10.0. The van der Waals surface area contributed by atoms with Crippen LogP contribution in [-0.2, 0) is 13.0 Å². The van der Waals surface area contributed by atoms with Crippen molar-refractivity contribution in [3.8, 4) is 6.01 Å². The molecule has 0 fully saturated rings. The standard InChI is InChI=1S/C15H19N5O/c1-10(2)21-15-18-13(16)17-14(19-15)20-8-7-11-5-3-4-6-12(11)9-20/h3-6,10H,7-9H2,1-2H3,(H2,16,17,18,19). The van der Waals surface area contributed by atoms with E-state index >= 15 is 0 Å². The number of rotatable bonds is 3. The highest BCUT2D eigenvalue weighted by Gasteiger charge is 2.19. The van der Waals surface area contributed by atoms with Gasteiger partial charge in [-0.15, -0.1) is 0 Å². The number of hydrogen-bond acceptors (Lipinski definition) is 6. The van der Waals surface area contributed by atoms with Crippen molar-refractivity contribution in [3.63, 3.8) is 0 Å². The van der Waals surface area contributed by atoms with Crippen LogP contribution in [0.25, 0.3) is 0 Å². The molecular formula is C15H19N5O. The molecule has 0 saturated heterocycles. The minimum absolute atomic E-state index is 0.00160. The van der Waals surface area contributed by atoms with Gasteiger partial charge in [0.15, 0.2) is 0 Å². The van der Waals surface area contributed by atoms with Gasteiger partial charge in [0.2, 0.25) is 11.9 Å². The zero-order valence-electron chi connectivity index (χ0n) is 12.3. The lowest BCUT2D eigenvalue weighted by Gasteiger charge is -2.28. The van der Waals surface area contributed by atoms with E-state index in [2.05, 4.69) is 44.1 Å². The van der Waals surface area contributed by atoms with E-state index in [1.165, 1.54) is 11.1 Å². The van der Waals surface area contributed by atoms with E-state index in [-0.39, 0.29) is 18.1 Å². The maximum atomic E-state index is 5.77. The van der Waals surface area contributed by atoms with E-state index in [9.17, 15) is 0 Å². The van der Waals surface area contributed by atoms with Crippen molar-refractivity contribution in [2.75, 3.05) is 17.2 Å². The summed E-state index contributed by atoms with van der Waals surface area (Å²) in [4.78, 5) is 14.7. The van der Waals surface area contributed by atoms with Crippen LogP contribution in [0.5, 0.6) is 6.01 Å². The van der Waals surface area contributed by atoms with Crippen molar-refractivity contribution >= 4 is 11.9 Å². The molecule has 0 radical (unpaired) electrons. The van der Waals surface area contributed by atoms with Crippen LogP contribution in [0, 0.1) is 0 Å². The lowest BCUT2D eigenvalue weighted by molar-refractivity contribution is 0.222. The second kappa shape index (κ2) is 5.55. The number of fused-ring (bicyclic) bond motifs is 1. The zero-order chi connectivity index (χ0) is 14.8. The normalized spacial score (nSPS) is 14.1. The van der Waals surface area contributed by atoms with E-state index in [1.807, 2.05) is 13.8 Å². The number of nitrogens with zero attached hydrogens (tertiary/aromatic N) is 4. The molecule has 6 nitrogen and oxygen atoms in total. The van der Waals surface area contributed by atoms with Gasteiger partial charge < -0.3 is 15.4 Å². The fourth-order valence-electron chi connectivity index (χ4n) is 2.43. The maximum Gasteiger partial charge on any atom is 0.323 e. The van der Waals surface area contributed by atoms with Gasteiger partial charge in [0.05, 0.1) is 6.10 Å². The van der Waals surface area contributed by atoms with Gasteiger partial charge in [-0.2, -0.15) is 15.0 Å². The minimum Gasteiger partial charge on any atom is -0.461 e. The van der Waals surface area contributed by atoms with Gasteiger partial charge >= 0.3 is 6.01 Å². The Morgan fingerprint density at radius 2 is 1.90 bits per heavy atom. The molecule has 2 N–H and O–H groups in total. The maximum absolute atomic E-state index is 5.77. The highest BCUT2D eigenvalue weighted by Crippen LogP contribution is 2.23. The summed E-state index contributed by atoms with van der Waals surface area (Å²) in [5.74, 6) is 0.766. The van der Waals surface area contributed by atoms with Crippen LogP contribution in [0.15, 0.2) is 24.3 Å². The number of nitrogen functional groups attached to an aromatic ring is 1. The van der Waals surface area contributed by atoms with Crippen molar-refractivity contribution < 1.29 is 4.74 Å². The molecule has 0 unspecified atom stereocenters. The molecule has 0 atom stereocenters. The van der Waals surface area contributed by atoms with Crippen molar-refractivity contribution in [1.29, 1.82) is 0 Å². The third-order valence-corrected chi connectivity index (χ3v) is 3.37. The van der Waals surface area contributed by atoms with Gasteiger partial charge in [-0.1, -0.05) is 24.3 Å². The Bertz CT molecular complexity index is 644. The molecule has 1 aliphatic heterocycles. The van der Waals surface area contributed by atoms with Crippen molar-refractivity contribution in [1.82, 2.24) is 15.0 Å². The Hall–Kier alpha value is -2.37. The second-order valence-electron chi connectivity index (χ2n) is 5.38. The molecule has 0 bridgehead atoms. The Kier molecular flexibility index (Phi) is 3.60. The first-order valence-electron chi connectivity index (χ1n) is 7.12. The fourth-order valence-corrected chi connectivity index (χ4v) is 2.43. The number of nitrogens with two attached hydrogens (primary N) is 1. The van der Waals surface area contributed by atoms with Crippen molar-refractivity contribution in [2.24, 2.45) is 0 Å². The van der Waals surface area contributed by atoms with Crippen LogP contribution >= 0.6 is 0 Å². The molecule has 2 heterocycles. The Morgan fingerprint density at radius 1 is 1.14 bits per heavy atom. The van der Waals surface area contributed by atoms with E-state index < -0.39 is 0 Å². The number of ether oxygens (including phenoxy) is 1. The van der Waals surface area contributed by atoms with Crippen LogP contribution in [0.1, 0.15) is 25.0 Å². The minimum atomic E-state index is 0.00160. The molecule has 0 saturated carbocycles. The summed E-state index contributed by atoms with van der Waals surface area (Å²) in [5, 5.41) is 0. The third kappa shape index (κ3) is 3.04. The molecule has 2 aromatic rings. The molecular weight excluding hydrogens is 266 g/mol. The summed E-state index contributed by atoms with van der Waals surface area (Å²) in [7, 11) is 0. The van der Waals surface area contributed by atoms with Crippen molar-refractivity contribution in [2.45, 2.75) is 32.9 Å². The highest BCUT2D eigenvalue weighted by atomic mass is 16.5. The molecule has 1 aliphatic rings. The number of benzene rings is 1. The predicted molar refractivity (Wildman–Crippen MR) is 81.2 cm³/mol. The fraction of sp³-hybridized carbons (Fsp3) is 0.400. The monoisotopic (exact) mass is 285 g/mol. The summed E-state index contributed by atoms with van der Waals surface area (Å²) in [6.45, 7) is 5.50. The van der Waals surface area contributed by atoms with Crippen LogP contribution in [0.4, 0.5) is 11.9 Å². The molecule has 0 amide bonds. The average molecular weight is 285 g/mol. The van der Waals surface area contributed by atoms with Gasteiger partial charge in [0.25, 0.3) is 0 Å². The van der Waals surface area contributed by atoms with Crippen LogP contribution in [0.3, 0.4) is 0 Å². The number of anilines is 2. The molecule has 110 valence electrons. The Morgan fingerprint density at radius 3 is 2.67 bits per heavy atom. The first-order chi connectivity index (χ1) is 10.1. The van der Waals surface area contributed by atoms with E-state index in [0.717, 1.165) is 19.5 Å². The van der Waals surface area contributed by atoms with Gasteiger partial charge in [0.1, 0.15) is 0 Å². The summed E-state index contributed by atoms with van der Waals surface area (Å²) in [6.07, 6.45) is 0.976. The molecule has 1 aromatic heterocycles. The third-order valence-electron chi connectivity index (χ3n) is 3.37. The molecule has 0 aliphatic carbocycles. The molecule has 6 heteroatoms. The van der Waals surface area contributed by atoms with Crippen LogP contribution in [0.2, 0.25) is 0 Å². The first-order valence-corrected chi connectivity index (χ1v) is 7.12. The number of hydrogen-bond donors (Lipinski definition) is 1. The Balaban J connectivity index is 1.86. The highest BCUT2D eigenvalue weighted by molar-refractivity contribution is 5.42. The summed E-state index contributed by atoms with van der Waals surface area (Å²) >= 11 is 0.